The Morgan fingerprint density at radius 3 is 2.32 bits per heavy atom. The van der Waals surface area contributed by atoms with Gasteiger partial charge in [0.1, 0.15) is 5.75 Å². The van der Waals surface area contributed by atoms with Gasteiger partial charge in [-0.15, -0.1) is 0 Å². The molecule has 5 heteroatoms. The molecule has 0 spiro atoms. The minimum absolute atomic E-state index is 0.659. The number of hydrogen-bond acceptors (Lipinski definition) is 3. The standard InChI is InChI=1S/C20H24N4O/c1-4-25-19-11-9-18(10-12-19)15-24(3)20(22-2)23-14-17-7-5-16(13-21)6-8-17/h5-12H,4,14-15H2,1-3H3,(H,22,23). The van der Waals surface area contributed by atoms with Crippen LogP contribution < -0.4 is 10.1 Å². The Kier molecular flexibility index (Phi) is 6.85. The molecule has 0 radical (unpaired) electrons. The highest BCUT2D eigenvalue weighted by Crippen LogP contribution is 2.13. The summed E-state index contributed by atoms with van der Waals surface area (Å²) < 4.78 is 5.47. The molecular formula is C20H24N4O. The smallest absolute Gasteiger partial charge is 0.193 e. The highest BCUT2D eigenvalue weighted by molar-refractivity contribution is 5.79. The second-order valence-corrected chi connectivity index (χ2v) is 5.64. The van der Waals surface area contributed by atoms with Crippen molar-refractivity contribution < 1.29 is 4.74 Å². The third-order valence-electron chi connectivity index (χ3n) is 3.76. The number of ether oxygens (including phenoxy) is 1. The minimum atomic E-state index is 0.659. The summed E-state index contributed by atoms with van der Waals surface area (Å²) in [6, 6.07) is 17.8. The predicted molar refractivity (Wildman–Crippen MR) is 100 cm³/mol. The molecule has 0 fully saturated rings. The molecule has 0 heterocycles. The van der Waals surface area contributed by atoms with Crippen molar-refractivity contribution in [1.29, 1.82) is 5.26 Å². The van der Waals surface area contributed by atoms with E-state index in [0.717, 1.165) is 23.8 Å². The fourth-order valence-electron chi connectivity index (χ4n) is 2.47. The van der Waals surface area contributed by atoms with Gasteiger partial charge in [-0.1, -0.05) is 24.3 Å². The highest BCUT2D eigenvalue weighted by Gasteiger charge is 2.07. The van der Waals surface area contributed by atoms with E-state index in [1.807, 2.05) is 50.4 Å². The monoisotopic (exact) mass is 336 g/mol. The summed E-state index contributed by atoms with van der Waals surface area (Å²) in [5, 5.41) is 12.2. The molecule has 0 bridgehead atoms. The normalized spacial score (nSPS) is 10.9. The molecular weight excluding hydrogens is 312 g/mol. The topological polar surface area (TPSA) is 60.6 Å². The van der Waals surface area contributed by atoms with Crippen molar-refractivity contribution in [3.63, 3.8) is 0 Å². The van der Waals surface area contributed by atoms with Gasteiger partial charge in [-0.25, -0.2) is 0 Å². The van der Waals surface area contributed by atoms with E-state index in [1.165, 1.54) is 5.56 Å². The van der Waals surface area contributed by atoms with E-state index in [1.54, 1.807) is 7.05 Å². The quantitative estimate of drug-likeness (QED) is 0.650. The molecule has 0 unspecified atom stereocenters. The number of guanidine groups is 1. The van der Waals surface area contributed by atoms with Gasteiger partial charge in [0, 0.05) is 27.2 Å². The van der Waals surface area contributed by atoms with Crippen molar-refractivity contribution in [3.05, 3.63) is 65.2 Å². The van der Waals surface area contributed by atoms with Gasteiger partial charge in [0.15, 0.2) is 5.96 Å². The summed E-state index contributed by atoms with van der Waals surface area (Å²) in [7, 11) is 3.78. The minimum Gasteiger partial charge on any atom is -0.494 e. The van der Waals surface area contributed by atoms with Crippen LogP contribution in [0.1, 0.15) is 23.6 Å². The first kappa shape index (κ1) is 18.3. The molecule has 0 aliphatic carbocycles. The Labute approximate surface area is 149 Å². The van der Waals surface area contributed by atoms with Crippen LogP contribution in [0.25, 0.3) is 0 Å². The van der Waals surface area contributed by atoms with E-state index >= 15 is 0 Å². The SMILES string of the molecule is CCOc1ccc(CN(C)C(=NC)NCc2ccc(C#N)cc2)cc1. The zero-order valence-corrected chi connectivity index (χ0v) is 15.0. The average Bonchev–Trinajstić information content (AvgIpc) is 2.64. The van der Waals surface area contributed by atoms with E-state index in [4.69, 9.17) is 10.00 Å². The van der Waals surface area contributed by atoms with Crippen LogP contribution in [0.15, 0.2) is 53.5 Å². The molecule has 2 aromatic rings. The third-order valence-corrected chi connectivity index (χ3v) is 3.76. The Balaban J connectivity index is 1.91. The first-order valence-corrected chi connectivity index (χ1v) is 8.28. The fourth-order valence-corrected chi connectivity index (χ4v) is 2.47. The van der Waals surface area contributed by atoms with Crippen LogP contribution in [0.2, 0.25) is 0 Å². The zero-order chi connectivity index (χ0) is 18.1. The van der Waals surface area contributed by atoms with Crippen molar-refractivity contribution in [3.8, 4) is 11.8 Å². The maximum atomic E-state index is 8.85. The molecule has 0 saturated heterocycles. The highest BCUT2D eigenvalue weighted by atomic mass is 16.5. The molecule has 5 nitrogen and oxygen atoms in total. The van der Waals surface area contributed by atoms with E-state index in [-0.39, 0.29) is 0 Å². The van der Waals surface area contributed by atoms with E-state index in [9.17, 15) is 0 Å². The Morgan fingerprint density at radius 2 is 1.76 bits per heavy atom. The van der Waals surface area contributed by atoms with Crippen molar-refractivity contribution in [2.24, 2.45) is 4.99 Å². The number of nitriles is 1. The first-order valence-electron chi connectivity index (χ1n) is 8.28. The van der Waals surface area contributed by atoms with Gasteiger partial charge in [0.05, 0.1) is 18.2 Å². The molecule has 0 amide bonds. The van der Waals surface area contributed by atoms with E-state index in [0.29, 0.717) is 18.7 Å². The fraction of sp³-hybridized carbons (Fsp3) is 0.300. The first-order chi connectivity index (χ1) is 12.2. The lowest BCUT2D eigenvalue weighted by atomic mass is 10.1. The molecule has 130 valence electrons. The molecule has 0 aromatic heterocycles. The van der Waals surface area contributed by atoms with Crippen LogP contribution in [0.4, 0.5) is 0 Å². The van der Waals surface area contributed by atoms with Crippen LogP contribution in [0.3, 0.4) is 0 Å². The Hall–Kier alpha value is -3.00. The van der Waals surface area contributed by atoms with Gasteiger partial charge in [0.25, 0.3) is 0 Å². The lowest BCUT2D eigenvalue weighted by molar-refractivity contribution is 0.340. The summed E-state index contributed by atoms with van der Waals surface area (Å²) in [5.41, 5.74) is 2.96. The lowest BCUT2D eigenvalue weighted by Gasteiger charge is -2.22. The lowest BCUT2D eigenvalue weighted by Crippen LogP contribution is -2.38. The zero-order valence-electron chi connectivity index (χ0n) is 15.0. The van der Waals surface area contributed by atoms with Gasteiger partial charge in [-0.05, 0) is 42.3 Å². The molecule has 0 aliphatic heterocycles. The van der Waals surface area contributed by atoms with Crippen LogP contribution in [0, 0.1) is 11.3 Å². The van der Waals surface area contributed by atoms with Crippen LogP contribution in [-0.2, 0) is 13.1 Å². The molecule has 0 aliphatic rings. The van der Waals surface area contributed by atoms with Crippen molar-refractivity contribution in [2.75, 3.05) is 20.7 Å². The third kappa shape index (κ3) is 5.54. The maximum Gasteiger partial charge on any atom is 0.193 e. The summed E-state index contributed by atoms with van der Waals surface area (Å²) in [5.74, 6) is 1.70. The second-order valence-electron chi connectivity index (χ2n) is 5.64. The van der Waals surface area contributed by atoms with Crippen molar-refractivity contribution in [2.45, 2.75) is 20.0 Å². The largest absolute Gasteiger partial charge is 0.494 e. The number of nitrogens with one attached hydrogen (secondary N) is 1. The molecule has 0 saturated carbocycles. The summed E-state index contributed by atoms with van der Waals surface area (Å²) in [6.07, 6.45) is 0. The molecule has 1 N–H and O–H groups in total. The molecule has 0 atom stereocenters. The second kappa shape index (κ2) is 9.33. The predicted octanol–water partition coefficient (Wildman–Crippen LogP) is 3.16. The molecule has 2 aromatic carbocycles. The van der Waals surface area contributed by atoms with E-state index in [2.05, 4.69) is 33.4 Å². The van der Waals surface area contributed by atoms with Crippen molar-refractivity contribution >= 4 is 5.96 Å². The number of aliphatic imine (C=N–C) groups is 1. The van der Waals surface area contributed by atoms with Gasteiger partial charge in [0.2, 0.25) is 0 Å². The van der Waals surface area contributed by atoms with Gasteiger partial charge in [-0.2, -0.15) is 5.26 Å². The summed E-state index contributed by atoms with van der Waals surface area (Å²) >= 11 is 0. The Morgan fingerprint density at radius 1 is 1.12 bits per heavy atom. The molecule has 25 heavy (non-hydrogen) atoms. The van der Waals surface area contributed by atoms with Crippen molar-refractivity contribution in [1.82, 2.24) is 10.2 Å². The van der Waals surface area contributed by atoms with Crippen LogP contribution in [0.5, 0.6) is 5.75 Å². The number of rotatable bonds is 6. The van der Waals surface area contributed by atoms with Gasteiger partial charge in [-0.3, -0.25) is 4.99 Å². The van der Waals surface area contributed by atoms with Gasteiger partial charge >= 0.3 is 0 Å². The average molecular weight is 336 g/mol. The maximum absolute atomic E-state index is 8.85. The number of benzene rings is 2. The van der Waals surface area contributed by atoms with Crippen LogP contribution in [-0.4, -0.2) is 31.6 Å². The Bertz CT molecular complexity index is 730. The summed E-state index contributed by atoms with van der Waals surface area (Å²) in [6.45, 7) is 4.06. The van der Waals surface area contributed by atoms with Gasteiger partial charge < -0.3 is 15.0 Å². The number of nitrogens with zero attached hydrogens (tertiary/aromatic N) is 3. The molecule has 2 rings (SSSR count). The summed E-state index contributed by atoms with van der Waals surface area (Å²) in [4.78, 5) is 6.40. The number of hydrogen-bond donors (Lipinski definition) is 1. The van der Waals surface area contributed by atoms with Crippen LogP contribution >= 0.6 is 0 Å². The van der Waals surface area contributed by atoms with E-state index < -0.39 is 0 Å².